The number of ether oxygens (including phenoxy) is 1. The molecule has 2 aromatic carbocycles. The number of aryl methyl sites for hydroxylation is 1. The second kappa shape index (κ2) is 4.88. The summed E-state index contributed by atoms with van der Waals surface area (Å²) in [6.07, 6.45) is 0.767. The summed E-state index contributed by atoms with van der Waals surface area (Å²) in [5.74, 6) is 1.02. The van der Waals surface area contributed by atoms with Crippen molar-refractivity contribution < 1.29 is 9.53 Å². The van der Waals surface area contributed by atoms with Crippen LogP contribution in [0.4, 0.5) is 0 Å². The first-order valence-corrected chi connectivity index (χ1v) is 6.55. The van der Waals surface area contributed by atoms with E-state index in [1.807, 2.05) is 55.5 Å². The van der Waals surface area contributed by atoms with Crippen LogP contribution in [0.1, 0.15) is 21.5 Å². The first-order chi connectivity index (χ1) is 9.24. The molecule has 2 aromatic rings. The van der Waals surface area contributed by atoms with E-state index in [1.165, 1.54) is 0 Å². The summed E-state index contributed by atoms with van der Waals surface area (Å²) in [6, 6.07) is 15.7. The minimum Gasteiger partial charge on any atom is -0.493 e. The van der Waals surface area contributed by atoms with Crippen LogP contribution >= 0.6 is 0 Å². The number of hydrogen-bond donors (Lipinski definition) is 0. The molecule has 1 heterocycles. The fourth-order valence-electron chi connectivity index (χ4n) is 2.53. The van der Waals surface area contributed by atoms with Gasteiger partial charge in [-0.05, 0) is 31.0 Å². The van der Waals surface area contributed by atoms with Crippen LogP contribution in [-0.2, 0) is 6.42 Å². The average Bonchev–Trinajstić information content (AvgIpc) is 2.46. The quantitative estimate of drug-likeness (QED) is 0.765. The van der Waals surface area contributed by atoms with Crippen LogP contribution in [0.3, 0.4) is 0 Å². The SMILES string of the molecule is Cc1cccc(C(=O)C2COc3ccccc3C2)c1. The lowest BCUT2D eigenvalue weighted by Gasteiger charge is -2.24. The van der Waals surface area contributed by atoms with Crippen LogP contribution in [0.5, 0.6) is 5.75 Å². The second-order valence-corrected chi connectivity index (χ2v) is 5.05. The number of hydrogen-bond acceptors (Lipinski definition) is 2. The molecular formula is C17H16O2. The summed E-state index contributed by atoms with van der Waals surface area (Å²) < 4.78 is 5.69. The molecule has 1 unspecified atom stereocenters. The number of para-hydroxylation sites is 1. The topological polar surface area (TPSA) is 26.3 Å². The number of benzene rings is 2. The Hall–Kier alpha value is -2.09. The maximum atomic E-state index is 12.5. The summed E-state index contributed by atoms with van der Waals surface area (Å²) in [6.45, 7) is 2.48. The molecule has 19 heavy (non-hydrogen) atoms. The largest absolute Gasteiger partial charge is 0.493 e. The smallest absolute Gasteiger partial charge is 0.169 e. The van der Waals surface area contributed by atoms with Crippen LogP contribution in [-0.4, -0.2) is 12.4 Å². The second-order valence-electron chi connectivity index (χ2n) is 5.05. The van der Waals surface area contributed by atoms with Crippen molar-refractivity contribution in [1.82, 2.24) is 0 Å². The molecule has 1 aliphatic heterocycles. The van der Waals surface area contributed by atoms with E-state index in [9.17, 15) is 4.79 Å². The van der Waals surface area contributed by atoms with Crippen LogP contribution in [0.2, 0.25) is 0 Å². The lowest BCUT2D eigenvalue weighted by Crippen LogP contribution is -2.28. The zero-order valence-electron chi connectivity index (χ0n) is 10.9. The van der Waals surface area contributed by atoms with Gasteiger partial charge in [-0.1, -0.05) is 42.0 Å². The standard InChI is InChI=1S/C17H16O2/c1-12-5-4-7-14(9-12)17(18)15-10-13-6-2-3-8-16(13)19-11-15/h2-9,15H,10-11H2,1H3. The number of rotatable bonds is 2. The molecule has 1 aliphatic rings. The van der Waals surface area contributed by atoms with E-state index in [1.54, 1.807) is 0 Å². The van der Waals surface area contributed by atoms with Crippen molar-refractivity contribution in [2.24, 2.45) is 5.92 Å². The summed E-state index contributed by atoms with van der Waals surface area (Å²) in [5.41, 5.74) is 3.02. The Morgan fingerprint density at radius 1 is 1.16 bits per heavy atom. The molecule has 2 nitrogen and oxygen atoms in total. The van der Waals surface area contributed by atoms with Crippen LogP contribution in [0.25, 0.3) is 0 Å². The molecule has 0 aromatic heterocycles. The van der Waals surface area contributed by atoms with E-state index in [2.05, 4.69) is 0 Å². The maximum Gasteiger partial charge on any atom is 0.169 e. The Morgan fingerprint density at radius 3 is 2.84 bits per heavy atom. The molecule has 0 N–H and O–H groups in total. The van der Waals surface area contributed by atoms with Gasteiger partial charge in [-0.15, -0.1) is 0 Å². The first-order valence-electron chi connectivity index (χ1n) is 6.55. The fourth-order valence-corrected chi connectivity index (χ4v) is 2.53. The molecule has 96 valence electrons. The lowest BCUT2D eigenvalue weighted by atomic mass is 9.89. The number of fused-ring (bicyclic) bond motifs is 1. The van der Waals surface area contributed by atoms with Crippen molar-refractivity contribution in [3.8, 4) is 5.75 Å². The zero-order valence-corrected chi connectivity index (χ0v) is 10.9. The first kappa shape index (κ1) is 12.0. The van der Waals surface area contributed by atoms with E-state index in [-0.39, 0.29) is 11.7 Å². The normalized spacial score (nSPS) is 17.4. The molecule has 3 rings (SSSR count). The minimum absolute atomic E-state index is 0.0725. The predicted molar refractivity (Wildman–Crippen MR) is 74.6 cm³/mol. The van der Waals surface area contributed by atoms with Gasteiger partial charge in [0.15, 0.2) is 5.78 Å². The third-order valence-corrected chi connectivity index (χ3v) is 3.55. The molecule has 0 saturated carbocycles. The molecule has 0 spiro atoms. The highest BCUT2D eigenvalue weighted by molar-refractivity contribution is 5.98. The zero-order chi connectivity index (χ0) is 13.2. The highest BCUT2D eigenvalue weighted by Crippen LogP contribution is 2.28. The lowest BCUT2D eigenvalue weighted by molar-refractivity contribution is 0.0855. The molecule has 1 atom stereocenters. The van der Waals surface area contributed by atoms with E-state index in [0.717, 1.165) is 28.9 Å². The molecular weight excluding hydrogens is 236 g/mol. The van der Waals surface area contributed by atoms with Crippen molar-refractivity contribution in [3.05, 3.63) is 65.2 Å². The summed E-state index contributed by atoms with van der Waals surface area (Å²) in [5, 5.41) is 0. The van der Waals surface area contributed by atoms with Gasteiger partial charge in [-0.3, -0.25) is 4.79 Å². The Labute approximate surface area is 113 Å². The van der Waals surface area contributed by atoms with Gasteiger partial charge in [0.05, 0.1) is 12.5 Å². The van der Waals surface area contributed by atoms with Crippen molar-refractivity contribution in [2.45, 2.75) is 13.3 Å². The number of Topliss-reactive ketones (excluding diaryl/α,β-unsaturated/α-hetero) is 1. The van der Waals surface area contributed by atoms with E-state index < -0.39 is 0 Å². The van der Waals surface area contributed by atoms with Crippen molar-refractivity contribution in [2.75, 3.05) is 6.61 Å². The third kappa shape index (κ3) is 2.39. The molecule has 0 saturated heterocycles. The summed E-state index contributed by atoms with van der Waals surface area (Å²) in [7, 11) is 0. The average molecular weight is 252 g/mol. The molecule has 0 aliphatic carbocycles. The Balaban J connectivity index is 1.83. The highest BCUT2D eigenvalue weighted by atomic mass is 16.5. The number of carbonyl (C=O) groups excluding carboxylic acids is 1. The molecule has 2 heteroatoms. The Kier molecular flexibility index (Phi) is 3.08. The third-order valence-electron chi connectivity index (χ3n) is 3.55. The number of carbonyl (C=O) groups is 1. The highest BCUT2D eigenvalue weighted by Gasteiger charge is 2.26. The van der Waals surface area contributed by atoms with Crippen LogP contribution < -0.4 is 4.74 Å². The summed E-state index contributed by atoms with van der Waals surface area (Å²) in [4.78, 5) is 12.5. The van der Waals surface area contributed by atoms with Gasteiger partial charge in [0.2, 0.25) is 0 Å². The van der Waals surface area contributed by atoms with Crippen molar-refractivity contribution >= 4 is 5.78 Å². The predicted octanol–water partition coefficient (Wildman–Crippen LogP) is 3.43. The minimum atomic E-state index is -0.0725. The monoisotopic (exact) mass is 252 g/mol. The van der Waals surface area contributed by atoms with Gasteiger partial charge in [-0.25, -0.2) is 0 Å². The van der Waals surface area contributed by atoms with Gasteiger partial charge in [0, 0.05) is 5.56 Å². The van der Waals surface area contributed by atoms with Gasteiger partial charge in [0.25, 0.3) is 0 Å². The Morgan fingerprint density at radius 2 is 2.00 bits per heavy atom. The van der Waals surface area contributed by atoms with Gasteiger partial charge in [0.1, 0.15) is 5.75 Å². The van der Waals surface area contributed by atoms with Gasteiger partial charge < -0.3 is 4.74 Å². The summed E-state index contributed by atoms with van der Waals surface area (Å²) >= 11 is 0. The van der Waals surface area contributed by atoms with Crippen molar-refractivity contribution in [3.63, 3.8) is 0 Å². The molecule has 0 radical (unpaired) electrons. The molecule has 0 bridgehead atoms. The van der Waals surface area contributed by atoms with Crippen molar-refractivity contribution in [1.29, 1.82) is 0 Å². The molecule has 0 amide bonds. The Bertz CT molecular complexity index is 616. The van der Waals surface area contributed by atoms with Crippen LogP contribution in [0.15, 0.2) is 48.5 Å². The van der Waals surface area contributed by atoms with Gasteiger partial charge in [-0.2, -0.15) is 0 Å². The fraction of sp³-hybridized carbons (Fsp3) is 0.235. The van der Waals surface area contributed by atoms with E-state index >= 15 is 0 Å². The molecule has 0 fully saturated rings. The van der Waals surface area contributed by atoms with Crippen LogP contribution in [0, 0.1) is 12.8 Å². The van der Waals surface area contributed by atoms with Gasteiger partial charge >= 0.3 is 0 Å². The van der Waals surface area contributed by atoms with E-state index in [4.69, 9.17) is 4.74 Å². The maximum absolute atomic E-state index is 12.5. The number of ketones is 1. The van der Waals surface area contributed by atoms with E-state index in [0.29, 0.717) is 6.61 Å².